The number of ketones is 1. The van der Waals surface area contributed by atoms with Gasteiger partial charge in [0, 0.05) is 30.8 Å². The van der Waals surface area contributed by atoms with Gasteiger partial charge >= 0.3 is 5.97 Å². The number of carbonyl (C=O) groups is 3. The summed E-state index contributed by atoms with van der Waals surface area (Å²) in [6.07, 6.45) is -0.830. The minimum atomic E-state index is -0.830. The average Bonchev–Trinajstić information content (AvgIpc) is 3.22. The zero-order valence-electron chi connectivity index (χ0n) is 20.0. The van der Waals surface area contributed by atoms with Crippen LogP contribution in [0.4, 0.5) is 0 Å². The molecule has 35 heavy (non-hydrogen) atoms. The molecule has 0 aliphatic carbocycles. The molecule has 0 unspecified atom stereocenters. The molecule has 1 amide bonds. The maximum atomic E-state index is 12.9. The van der Waals surface area contributed by atoms with E-state index in [2.05, 4.69) is 6.07 Å². The molecule has 1 fully saturated rings. The van der Waals surface area contributed by atoms with Crippen molar-refractivity contribution in [3.05, 3.63) is 63.2 Å². The van der Waals surface area contributed by atoms with Crippen molar-refractivity contribution in [3.8, 4) is 11.8 Å². The molecule has 1 N–H and O–H groups in total. The first-order valence-corrected chi connectivity index (χ1v) is 11.3. The molecule has 1 atom stereocenters. The summed E-state index contributed by atoms with van der Waals surface area (Å²) in [6.45, 7) is 4.87. The lowest BCUT2D eigenvalue weighted by Gasteiger charge is -2.35. The van der Waals surface area contributed by atoms with Crippen LogP contribution >= 0.6 is 0 Å². The number of benzene rings is 2. The van der Waals surface area contributed by atoms with Gasteiger partial charge in [-0.25, -0.2) is 4.79 Å². The summed E-state index contributed by atoms with van der Waals surface area (Å²) >= 11 is 0. The van der Waals surface area contributed by atoms with Crippen LogP contribution in [0.25, 0.3) is 0 Å². The largest absolute Gasteiger partial charge is 0.495 e. The Hall–Kier alpha value is -3.74. The smallest absolute Gasteiger partial charge is 0.338 e. The van der Waals surface area contributed by atoms with E-state index in [1.54, 1.807) is 31.2 Å². The topological polar surface area (TPSA) is 120 Å². The molecule has 2 aromatic rings. The van der Waals surface area contributed by atoms with Gasteiger partial charge in [0.1, 0.15) is 18.4 Å². The standard InChI is InChI=1S/C26H27N3O6/c1-15-18(6-7-24(34-3)20(15)10-27)23(31)12-29-9-8-28(13-25(29)32)11-22(30)17-4-5-19-21(16(17)2)14-35-26(19)33/h4-7,22,30H,8-9,11-14H2,1-3H3/t22-/m1/s1. The molecule has 9 nitrogen and oxygen atoms in total. The van der Waals surface area contributed by atoms with Crippen molar-refractivity contribution in [1.82, 2.24) is 9.80 Å². The Morgan fingerprint density at radius 3 is 2.66 bits per heavy atom. The van der Waals surface area contributed by atoms with Crippen molar-refractivity contribution in [1.29, 1.82) is 5.26 Å². The van der Waals surface area contributed by atoms with Gasteiger partial charge in [0.05, 0.1) is 37.4 Å². The molecule has 0 bridgehead atoms. The third-order valence-electron chi connectivity index (χ3n) is 6.79. The van der Waals surface area contributed by atoms with Crippen LogP contribution in [0.2, 0.25) is 0 Å². The minimum Gasteiger partial charge on any atom is -0.495 e. The van der Waals surface area contributed by atoms with Crippen molar-refractivity contribution >= 4 is 17.7 Å². The molecule has 9 heteroatoms. The predicted molar refractivity (Wildman–Crippen MR) is 125 cm³/mol. The van der Waals surface area contributed by atoms with E-state index in [1.165, 1.54) is 12.0 Å². The summed E-state index contributed by atoms with van der Waals surface area (Å²) in [5, 5.41) is 20.2. The summed E-state index contributed by atoms with van der Waals surface area (Å²) < 4.78 is 10.3. The Balaban J connectivity index is 1.38. The quantitative estimate of drug-likeness (QED) is 0.474. The van der Waals surface area contributed by atoms with Crippen LogP contribution < -0.4 is 4.74 Å². The number of cyclic esters (lactones) is 1. The highest BCUT2D eigenvalue weighted by Gasteiger charge is 2.30. The second-order valence-corrected chi connectivity index (χ2v) is 8.80. The van der Waals surface area contributed by atoms with Crippen LogP contribution in [0.1, 0.15) is 54.6 Å². The van der Waals surface area contributed by atoms with Crippen molar-refractivity contribution in [3.63, 3.8) is 0 Å². The molecule has 2 aliphatic heterocycles. The number of rotatable bonds is 7. The van der Waals surface area contributed by atoms with Gasteiger partial charge in [0.25, 0.3) is 0 Å². The highest BCUT2D eigenvalue weighted by molar-refractivity contribution is 6.01. The number of aliphatic hydroxyl groups is 1. The Kier molecular flexibility index (Phi) is 6.87. The number of hydrogen-bond acceptors (Lipinski definition) is 8. The van der Waals surface area contributed by atoms with Crippen LogP contribution in [-0.2, 0) is 16.1 Å². The summed E-state index contributed by atoms with van der Waals surface area (Å²) in [5.41, 5.74) is 4.07. The number of methoxy groups -OCH3 is 1. The highest BCUT2D eigenvalue weighted by atomic mass is 16.5. The monoisotopic (exact) mass is 477 g/mol. The summed E-state index contributed by atoms with van der Waals surface area (Å²) in [4.78, 5) is 40.8. The maximum Gasteiger partial charge on any atom is 0.338 e. The number of nitrogens with zero attached hydrogens (tertiary/aromatic N) is 3. The van der Waals surface area contributed by atoms with E-state index in [0.717, 1.165) is 11.1 Å². The Morgan fingerprint density at radius 1 is 1.20 bits per heavy atom. The van der Waals surface area contributed by atoms with Crippen LogP contribution in [0.5, 0.6) is 5.75 Å². The maximum absolute atomic E-state index is 12.9. The Morgan fingerprint density at radius 2 is 1.97 bits per heavy atom. The van der Waals surface area contributed by atoms with Crippen molar-refractivity contribution < 1.29 is 29.0 Å². The molecule has 2 heterocycles. The van der Waals surface area contributed by atoms with E-state index >= 15 is 0 Å². The van der Waals surface area contributed by atoms with Crippen molar-refractivity contribution in [2.24, 2.45) is 0 Å². The number of fused-ring (bicyclic) bond motifs is 1. The van der Waals surface area contributed by atoms with Crippen LogP contribution in [-0.4, -0.2) is 72.4 Å². The average molecular weight is 478 g/mol. The highest BCUT2D eigenvalue weighted by Crippen LogP contribution is 2.30. The number of Topliss-reactive ketones (excluding diaryl/α,β-unsaturated/α-hetero) is 1. The fourth-order valence-electron chi connectivity index (χ4n) is 4.71. The summed E-state index contributed by atoms with van der Waals surface area (Å²) in [5.74, 6) is -0.390. The van der Waals surface area contributed by atoms with E-state index in [-0.39, 0.29) is 43.9 Å². The zero-order valence-corrected chi connectivity index (χ0v) is 20.0. The van der Waals surface area contributed by atoms with E-state index in [1.807, 2.05) is 11.8 Å². The lowest BCUT2D eigenvalue weighted by molar-refractivity contribution is -0.136. The number of piperazine rings is 1. The van der Waals surface area contributed by atoms with Crippen molar-refractivity contribution in [2.75, 3.05) is 39.8 Å². The number of esters is 1. The van der Waals surface area contributed by atoms with Crippen LogP contribution in [0.15, 0.2) is 24.3 Å². The SMILES string of the molecule is COc1ccc(C(=O)CN2CCN(C[C@@H](O)c3ccc4c(c3C)COC4=O)CC2=O)c(C)c1C#N. The molecule has 0 aromatic heterocycles. The minimum absolute atomic E-state index is 0.0782. The normalized spacial score (nSPS) is 16.5. The second kappa shape index (κ2) is 9.86. The van der Waals surface area contributed by atoms with Crippen LogP contribution in [0.3, 0.4) is 0 Å². The van der Waals surface area contributed by atoms with Gasteiger partial charge < -0.3 is 19.5 Å². The molecule has 4 rings (SSSR count). The first kappa shape index (κ1) is 24.4. The third kappa shape index (κ3) is 4.63. The van der Waals surface area contributed by atoms with E-state index in [4.69, 9.17) is 9.47 Å². The lowest BCUT2D eigenvalue weighted by Crippen LogP contribution is -2.52. The number of hydrogen-bond donors (Lipinski definition) is 1. The first-order valence-electron chi connectivity index (χ1n) is 11.3. The molecule has 182 valence electrons. The van der Waals surface area contributed by atoms with E-state index < -0.39 is 6.10 Å². The number of carbonyl (C=O) groups excluding carboxylic acids is 3. The van der Waals surface area contributed by atoms with Gasteiger partial charge in [-0.15, -0.1) is 0 Å². The molecular formula is C26H27N3O6. The fraction of sp³-hybridized carbons (Fsp3) is 0.385. The summed E-state index contributed by atoms with van der Waals surface area (Å²) in [6, 6.07) is 8.67. The predicted octanol–water partition coefficient (Wildman–Crippen LogP) is 1.91. The van der Waals surface area contributed by atoms with Gasteiger partial charge in [-0.3, -0.25) is 14.5 Å². The molecule has 0 radical (unpaired) electrons. The van der Waals surface area contributed by atoms with Gasteiger partial charge in [0.2, 0.25) is 5.91 Å². The molecule has 0 saturated carbocycles. The molecule has 2 aliphatic rings. The second-order valence-electron chi connectivity index (χ2n) is 8.80. The number of aliphatic hydroxyl groups excluding tert-OH is 1. The van der Waals surface area contributed by atoms with Crippen molar-refractivity contribution in [2.45, 2.75) is 26.6 Å². The van der Waals surface area contributed by atoms with Gasteiger partial charge in [0.15, 0.2) is 5.78 Å². The van der Waals surface area contributed by atoms with Gasteiger partial charge in [-0.05, 0) is 48.7 Å². The van der Waals surface area contributed by atoms with E-state index in [0.29, 0.717) is 46.7 Å². The number of nitriles is 1. The molecular weight excluding hydrogens is 450 g/mol. The number of ether oxygens (including phenoxy) is 2. The lowest BCUT2D eigenvalue weighted by atomic mass is 9.95. The van der Waals surface area contributed by atoms with Crippen LogP contribution in [0, 0.1) is 25.2 Å². The molecule has 1 saturated heterocycles. The number of β-amino-alcohol motifs (C(OH)–C–C–N with tert-alkyl or cyclic N) is 1. The Labute approximate surface area is 203 Å². The molecule has 0 spiro atoms. The zero-order chi connectivity index (χ0) is 25.3. The fourth-order valence-corrected chi connectivity index (χ4v) is 4.71. The molecule has 2 aromatic carbocycles. The van der Waals surface area contributed by atoms with Gasteiger partial charge in [-0.1, -0.05) is 6.07 Å². The number of amides is 1. The Bertz CT molecular complexity index is 1250. The van der Waals surface area contributed by atoms with Gasteiger partial charge in [-0.2, -0.15) is 5.26 Å². The van der Waals surface area contributed by atoms with E-state index in [9.17, 15) is 24.8 Å². The first-order chi connectivity index (χ1) is 16.7. The third-order valence-corrected chi connectivity index (χ3v) is 6.79. The summed E-state index contributed by atoms with van der Waals surface area (Å²) in [7, 11) is 1.47.